The van der Waals surface area contributed by atoms with Gasteiger partial charge < -0.3 is 10.0 Å². The maximum absolute atomic E-state index is 10.7. The highest BCUT2D eigenvalue weighted by Gasteiger charge is 2.36. The van der Waals surface area contributed by atoms with Gasteiger partial charge in [0.2, 0.25) is 0 Å². The maximum atomic E-state index is 10.7. The Labute approximate surface area is 95.7 Å². The summed E-state index contributed by atoms with van der Waals surface area (Å²) in [6, 6.07) is 7.69. The highest BCUT2D eigenvalue weighted by Crippen LogP contribution is 2.37. The molecule has 0 saturated carbocycles. The smallest absolute Gasteiger partial charge is 0.167 e. The van der Waals surface area contributed by atoms with E-state index in [1.54, 1.807) is 12.4 Å². The van der Waals surface area contributed by atoms with E-state index >= 15 is 0 Å². The molecule has 0 amide bonds. The van der Waals surface area contributed by atoms with Crippen LogP contribution in [0.3, 0.4) is 0 Å². The molecule has 16 heavy (non-hydrogen) atoms. The first-order chi connectivity index (χ1) is 7.72. The molecule has 0 aliphatic carbocycles. The molecule has 3 heteroatoms. The van der Waals surface area contributed by atoms with Crippen LogP contribution in [0.25, 0.3) is 0 Å². The predicted octanol–water partition coefficient (Wildman–Crippen LogP) is 2.40. The van der Waals surface area contributed by atoms with Crippen LogP contribution in [0.1, 0.15) is 18.9 Å². The van der Waals surface area contributed by atoms with Crippen LogP contribution < -0.4 is 0 Å². The number of aliphatic hydroxyl groups is 1. The van der Waals surface area contributed by atoms with E-state index in [2.05, 4.69) is 11.6 Å². The van der Waals surface area contributed by atoms with Gasteiger partial charge in [0.1, 0.15) is 0 Å². The molecule has 1 aliphatic rings. The van der Waals surface area contributed by atoms with Gasteiger partial charge in [-0.15, -0.1) is 6.58 Å². The molecule has 84 valence electrons. The zero-order valence-corrected chi connectivity index (χ0v) is 9.43. The van der Waals surface area contributed by atoms with Crippen LogP contribution in [0.4, 0.5) is 5.69 Å². The molecule has 0 spiro atoms. The number of nitrogens with zero attached hydrogens (tertiary/aromatic N) is 2. The Morgan fingerprint density at radius 3 is 2.94 bits per heavy atom. The molecule has 0 fully saturated rings. The molecule has 0 saturated heterocycles. The molecular formula is C13H16N2O. The summed E-state index contributed by atoms with van der Waals surface area (Å²) in [7, 11) is 0. The lowest BCUT2D eigenvalue weighted by atomic mass is 9.95. The number of fused-ring (bicyclic) bond motifs is 1. The zero-order chi connectivity index (χ0) is 11.6. The SMILES string of the molecule is C=CCN1C=Nc2ccccc2C1(O)CC. The fourth-order valence-electron chi connectivity index (χ4n) is 2.04. The summed E-state index contributed by atoms with van der Waals surface area (Å²) in [6.45, 7) is 6.25. The van der Waals surface area contributed by atoms with E-state index in [9.17, 15) is 5.11 Å². The number of hydrogen-bond acceptors (Lipinski definition) is 3. The van der Waals surface area contributed by atoms with E-state index in [1.165, 1.54) is 0 Å². The Balaban J connectivity index is 2.50. The molecule has 0 aromatic heterocycles. The average Bonchev–Trinajstić information content (AvgIpc) is 2.33. The Hall–Kier alpha value is -1.61. The maximum Gasteiger partial charge on any atom is 0.167 e. The summed E-state index contributed by atoms with van der Waals surface area (Å²) in [4.78, 5) is 6.14. The van der Waals surface area contributed by atoms with Crippen molar-refractivity contribution in [1.82, 2.24) is 4.90 Å². The van der Waals surface area contributed by atoms with Crippen LogP contribution >= 0.6 is 0 Å². The molecule has 0 bridgehead atoms. The summed E-state index contributed by atoms with van der Waals surface area (Å²) in [5, 5.41) is 10.7. The Morgan fingerprint density at radius 2 is 2.25 bits per heavy atom. The normalized spacial score (nSPS) is 23.0. The van der Waals surface area contributed by atoms with E-state index < -0.39 is 5.72 Å². The summed E-state index contributed by atoms with van der Waals surface area (Å²) < 4.78 is 0. The number of benzene rings is 1. The molecule has 1 N–H and O–H groups in total. The third-order valence-electron chi connectivity index (χ3n) is 2.97. The quantitative estimate of drug-likeness (QED) is 0.787. The van der Waals surface area contributed by atoms with Crippen molar-refractivity contribution in [3.8, 4) is 0 Å². The monoisotopic (exact) mass is 216 g/mol. The average molecular weight is 216 g/mol. The molecule has 1 heterocycles. The number of aliphatic imine (C=N–C) groups is 1. The Kier molecular flexibility index (Phi) is 2.79. The minimum atomic E-state index is -0.966. The van der Waals surface area contributed by atoms with E-state index in [0.29, 0.717) is 13.0 Å². The topological polar surface area (TPSA) is 35.8 Å². The first kappa shape index (κ1) is 10.9. The Morgan fingerprint density at radius 1 is 1.50 bits per heavy atom. The van der Waals surface area contributed by atoms with Gasteiger partial charge in [-0.25, -0.2) is 4.99 Å². The third kappa shape index (κ3) is 1.53. The lowest BCUT2D eigenvalue weighted by Gasteiger charge is -2.40. The minimum absolute atomic E-state index is 0.585. The molecule has 1 aromatic carbocycles. The predicted molar refractivity (Wildman–Crippen MR) is 65.7 cm³/mol. The van der Waals surface area contributed by atoms with Crippen LogP contribution in [0.15, 0.2) is 41.9 Å². The first-order valence-corrected chi connectivity index (χ1v) is 5.46. The van der Waals surface area contributed by atoms with Crippen molar-refractivity contribution in [2.45, 2.75) is 19.1 Å². The van der Waals surface area contributed by atoms with Gasteiger partial charge in [-0.3, -0.25) is 0 Å². The van der Waals surface area contributed by atoms with Crippen molar-refractivity contribution < 1.29 is 5.11 Å². The van der Waals surface area contributed by atoms with E-state index in [-0.39, 0.29) is 0 Å². The van der Waals surface area contributed by atoms with Gasteiger partial charge in [-0.05, 0) is 12.5 Å². The second-order valence-corrected chi connectivity index (χ2v) is 3.87. The van der Waals surface area contributed by atoms with Crippen molar-refractivity contribution >= 4 is 12.0 Å². The molecule has 1 aromatic rings. The summed E-state index contributed by atoms with van der Waals surface area (Å²) in [6.07, 6.45) is 4.07. The van der Waals surface area contributed by atoms with Gasteiger partial charge in [0.25, 0.3) is 0 Å². The van der Waals surface area contributed by atoms with Crippen LogP contribution in [0.5, 0.6) is 0 Å². The minimum Gasteiger partial charge on any atom is -0.367 e. The Bertz CT molecular complexity index is 428. The lowest BCUT2D eigenvalue weighted by Crippen LogP contribution is -2.46. The van der Waals surface area contributed by atoms with Crippen molar-refractivity contribution in [3.63, 3.8) is 0 Å². The number of hydrogen-bond donors (Lipinski definition) is 1. The summed E-state index contributed by atoms with van der Waals surface area (Å²) in [5.74, 6) is 0. The van der Waals surface area contributed by atoms with E-state index in [0.717, 1.165) is 11.3 Å². The second-order valence-electron chi connectivity index (χ2n) is 3.87. The van der Waals surface area contributed by atoms with Crippen LogP contribution in [0, 0.1) is 0 Å². The molecule has 3 nitrogen and oxygen atoms in total. The molecule has 2 rings (SSSR count). The van der Waals surface area contributed by atoms with Crippen molar-refractivity contribution in [2.24, 2.45) is 4.99 Å². The first-order valence-electron chi connectivity index (χ1n) is 5.46. The van der Waals surface area contributed by atoms with Gasteiger partial charge in [-0.2, -0.15) is 0 Å². The van der Waals surface area contributed by atoms with Crippen molar-refractivity contribution in [2.75, 3.05) is 6.54 Å². The zero-order valence-electron chi connectivity index (χ0n) is 9.43. The molecule has 0 radical (unpaired) electrons. The van der Waals surface area contributed by atoms with Crippen LogP contribution in [0.2, 0.25) is 0 Å². The van der Waals surface area contributed by atoms with Gasteiger partial charge in [-0.1, -0.05) is 31.2 Å². The summed E-state index contributed by atoms with van der Waals surface area (Å²) in [5.41, 5.74) is 0.737. The van der Waals surface area contributed by atoms with Crippen LogP contribution in [-0.2, 0) is 5.72 Å². The van der Waals surface area contributed by atoms with Crippen molar-refractivity contribution in [3.05, 3.63) is 42.5 Å². The molecular weight excluding hydrogens is 200 g/mol. The third-order valence-corrected chi connectivity index (χ3v) is 2.97. The highest BCUT2D eigenvalue weighted by atomic mass is 16.3. The number of rotatable bonds is 3. The largest absolute Gasteiger partial charge is 0.367 e. The molecule has 1 atom stereocenters. The van der Waals surface area contributed by atoms with Gasteiger partial charge in [0.05, 0.1) is 12.0 Å². The molecule has 1 aliphatic heterocycles. The van der Waals surface area contributed by atoms with Gasteiger partial charge in [0, 0.05) is 12.1 Å². The fourth-order valence-corrected chi connectivity index (χ4v) is 2.04. The van der Waals surface area contributed by atoms with E-state index in [1.807, 2.05) is 36.1 Å². The fraction of sp³-hybridized carbons (Fsp3) is 0.308. The van der Waals surface area contributed by atoms with Crippen LogP contribution in [-0.4, -0.2) is 22.9 Å². The molecule has 1 unspecified atom stereocenters. The van der Waals surface area contributed by atoms with Gasteiger partial charge >= 0.3 is 0 Å². The van der Waals surface area contributed by atoms with Gasteiger partial charge in [0.15, 0.2) is 5.72 Å². The van der Waals surface area contributed by atoms with Crippen molar-refractivity contribution in [1.29, 1.82) is 0 Å². The second kappa shape index (κ2) is 4.10. The highest BCUT2D eigenvalue weighted by molar-refractivity contribution is 5.69. The lowest BCUT2D eigenvalue weighted by molar-refractivity contribution is -0.0736. The standard InChI is InChI=1S/C13H16N2O/c1-3-9-15-10-14-12-8-6-5-7-11(12)13(15,16)4-2/h3,5-8,10,16H,1,4,9H2,2H3. The summed E-state index contributed by atoms with van der Waals surface area (Å²) >= 11 is 0. The number of para-hydroxylation sites is 1. The van der Waals surface area contributed by atoms with E-state index in [4.69, 9.17) is 0 Å².